The van der Waals surface area contributed by atoms with Crippen molar-refractivity contribution in [3.05, 3.63) is 35.9 Å². The van der Waals surface area contributed by atoms with Gasteiger partial charge in [-0.2, -0.15) is 0 Å². The quantitative estimate of drug-likeness (QED) is 0.812. The zero-order valence-electron chi connectivity index (χ0n) is 11.2. The summed E-state index contributed by atoms with van der Waals surface area (Å²) in [7, 11) is 1.21. The van der Waals surface area contributed by atoms with Gasteiger partial charge in [-0.1, -0.05) is 30.3 Å². The van der Waals surface area contributed by atoms with Crippen LogP contribution in [0.1, 0.15) is 18.5 Å². The van der Waals surface area contributed by atoms with Crippen LogP contribution in [0, 0.1) is 0 Å². The number of esters is 1. The van der Waals surface area contributed by atoms with Gasteiger partial charge in [-0.05, 0) is 12.5 Å². The predicted octanol–water partition coefficient (Wildman–Crippen LogP) is 1.36. The molecular weight excluding hydrogens is 264 g/mol. The Balaban J connectivity index is 2.74. The third-order valence-electron chi connectivity index (χ3n) is 2.34. The second-order valence-electron chi connectivity index (χ2n) is 3.69. The Kier molecular flexibility index (Phi) is 6.02. The van der Waals surface area contributed by atoms with Gasteiger partial charge in [-0.3, -0.25) is 0 Å². The van der Waals surface area contributed by atoms with E-state index < -0.39 is 24.1 Å². The summed E-state index contributed by atoms with van der Waals surface area (Å²) >= 11 is 0. The molecular formula is C13H16N2O5. The van der Waals surface area contributed by atoms with Crippen LogP contribution in [0.4, 0.5) is 9.59 Å². The molecule has 0 heterocycles. The molecule has 0 fully saturated rings. The lowest BCUT2D eigenvalue weighted by molar-refractivity contribution is -0.143. The number of hydrogen-bond donors (Lipinski definition) is 2. The number of benzene rings is 1. The highest BCUT2D eigenvalue weighted by atomic mass is 16.5. The summed E-state index contributed by atoms with van der Waals surface area (Å²) in [6.45, 7) is 1.75. The van der Waals surface area contributed by atoms with Gasteiger partial charge < -0.3 is 14.8 Å². The van der Waals surface area contributed by atoms with Crippen LogP contribution >= 0.6 is 0 Å². The Morgan fingerprint density at radius 3 is 2.40 bits per heavy atom. The van der Waals surface area contributed by atoms with Crippen LogP contribution in [0.3, 0.4) is 0 Å². The highest BCUT2D eigenvalue weighted by Gasteiger charge is 2.24. The monoisotopic (exact) mass is 280 g/mol. The van der Waals surface area contributed by atoms with E-state index >= 15 is 0 Å². The van der Waals surface area contributed by atoms with Crippen molar-refractivity contribution in [3.8, 4) is 0 Å². The zero-order chi connectivity index (χ0) is 15.0. The fourth-order valence-corrected chi connectivity index (χ4v) is 1.47. The zero-order valence-corrected chi connectivity index (χ0v) is 11.2. The molecule has 7 nitrogen and oxygen atoms in total. The Bertz CT molecular complexity index is 475. The van der Waals surface area contributed by atoms with Crippen LogP contribution in [-0.2, 0) is 14.3 Å². The van der Waals surface area contributed by atoms with Crippen LogP contribution in [0.5, 0.6) is 0 Å². The van der Waals surface area contributed by atoms with E-state index in [-0.39, 0.29) is 6.61 Å². The summed E-state index contributed by atoms with van der Waals surface area (Å²) in [5.41, 5.74) is 0.540. The molecule has 1 aromatic rings. The molecule has 0 saturated carbocycles. The highest BCUT2D eigenvalue weighted by molar-refractivity contribution is 5.93. The molecule has 0 spiro atoms. The Labute approximate surface area is 116 Å². The van der Waals surface area contributed by atoms with Gasteiger partial charge in [0.15, 0.2) is 6.04 Å². The van der Waals surface area contributed by atoms with Crippen molar-refractivity contribution in [1.82, 2.24) is 10.6 Å². The molecule has 0 aliphatic rings. The fourth-order valence-electron chi connectivity index (χ4n) is 1.47. The van der Waals surface area contributed by atoms with E-state index in [2.05, 4.69) is 14.8 Å². The van der Waals surface area contributed by atoms with E-state index in [0.717, 1.165) is 0 Å². The van der Waals surface area contributed by atoms with Crippen LogP contribution in [0.15, 0.2) is 30.3 Å². The first-order chi connectivity index (χ1) is 9.58. The molecule has 3 amide bonds. The Hall–Kier alpha value is -2.57. The first-order valence-electron chi connectivity index (χ1n) is 5.95. The number of carbonyl (C=O) groups is 3. The third-order valence-corrected chi connectivity index (χ3v) is 2.34. The number of alkyl carbamates (subject to hydrolysis) is 1. The summed E-state index contributed by atoms with van der Waals surface area (Å²) in [5, 5.41) is 4.29. The number of carbonyl (C=O) groups excluding carboxylic acids is 3. The number of ether oxygens (including phenoxy) is 2. The standard InChI is InChI=1S/C13H16N2O5/c1-3-20-13(18)15-12(17)14-10(11(16)19-2)9-7-5-4-6-8-9/h4-8,10H,3H2,1-2H3,(H2,14,15,17,18). The molecule has 7 heteroatoms. The van der Waals surface area contributed by atoms with Crippen molar-refractivity contribution < 1.29 is 23.9 Å². The van der Waals surface area contributed by atoms with Gasteiger partial charge in [-0.25, -0.2) is 19.7 Å². The summed E-state index contributed by atoms with van der Waals surface area (Å²) in [4.78, 5) is 34.4. The predicted molar refractivity (Wildman–Crippen MR) is 69.9 cm³/mol. The number of methoxy groups -OCH3 is 1. The normalized spacial score (nSPS) is 11.1. The molecule has 1 rings (SSSR count). The van der Waals surface area contributed by atoms with Crippen molar-refractivity contribution in [2.24, 2.45) is 0 Å². The molecule has 20 heavy (non-hydrogen) atoms. The fraction of sp³-hybridized carbons (Fsp3) is 0.308. The van der Waals surface area contributed by atoms with E-state index in [1.807, 2.05) is 5.32 Å². The number of nitrogens with one attached hydrogen (secondary N) is 2. The number of rotatable bonds is 4. The molecule has 0 radical (unpaired) electrons. The molecule has 1 aromatic carbocycles. The molecule has 0 aromatic heterocycles. The Morgan fingerprint density at radius 1 is 1.20 bits per heavy atom. The summed E-state index contributed by atoms with van der Waals surface area (Å²) < 4.78 is 9.18. The van der Waals surface area contributed by atoms with Gasteiger partial charge in [0.1, 0.15) is 0 Å². The number of hydrogen-bond acceptors (Lipinski definition) is 5. The minimum absolute atomic E-state index is 0.137. The van der Waals surface area contributed by atoms with Gasteiger partial charge in [-0.15, -0.1) is 0 Å². The lowest BCUT2D eigenvalue weighted by Crippen LogP contribution is -2.43. The molecule has 0 aliphatic heterocycles. The maximum absolute atomic E-state index is 11.7. The van der Waals surface area contributed by atoms with Crippen LogP contribution in [0.25, 0.3) is 0 Å². The van der Waals surface area contributed by atoms with E-state index in [1.54, 1.807) is 37.3 Å². The van der Waals surface area contributed by atoms with E-state index in [4.69, 9.17) is 0 Å². The lowest BCUT2D eigenvalue weighted by Gasteiger charge is -2.16. The highest BCUT2D eigenvalue weighted by Crippen LogP contribution is 2.13. The van der Waals surface area contributed by atoms with Gasteiger partial charge in [0.25, 0.3) is 0 Å². The smallest absolute Gasteiger partial charge is 0.415 e. The molecule has 0 saturated heterocycles. The van der Waals surface area contributed by atoms with E-state index in [0.29, 0.717) is 5.56 Å². The van der Waals surface area contributed by atoms with Crippen molar-refractivity contribution in [3.63, 3.8) is 0 Å². The molecule has 108 valence electrons. The topological polar surface area (TPSA) is 93.7 Å². The molecule has 0 bridgehead atoms. The van der Waals surface area contributed by atoms with Crippen molar-refractivity contribution in [1.29, 1.82) is 0 Å². The van der Waals surface area contributed by atoms with Gasteiger partial charge in [0.05, 0.1) is 13.7 Å². The second-order valence-corrected chi connectivity index (χ2v) is 3.69. The van der Waals surface area contributed by atoms with E-state index in [9.17, 15) is 14.4 Å². The van der Waals surface area contributed by atoms with Crippen LogP contribution in [0.2, 0.25) is 0 Å². The molecule has 1 atom stereocenters. The molecule has 0 aliphatic carbocycles. The van der Waals surface area contributed by atoms with Gasteiger partial charge in [0, 0.05) is 0 Å². The Morgan fingerprint density at radius 2 is 1.85 bits per heavy atom. The minimum atomic E-state index is -1.00. The summed E-state index contributed by atoms with van der Waals surface area (Å²) in [6, 6.07) is 6.68. The number of imide groups is 1. The summed E-state index contributed by atoms with van der Waals surface area (Å²) in [5.74, 6) is -0.643. The van der Waals surface area contributed by atoms with Crippen LogP contribution in [-0.4, -0.2) is 31.8 Å². The average Bonchev–Trinajstić information content (AvgIpc) is 2.45. The van der Waals surface area contributed by atoms with Crippen molar-refractivity contribution >= 4 is 18.1 Å². The first kappa shape index (κ1) is 15.5. The van der Waals surface area contributed by atoms with Gasteiger partial charge >= 0.3 is 18.1 Å². The third kappa shape index (κ3) is 4.60. The SMILES string of the molecule is CCOC(=O)NC(=O)NC(C(=O)OC)c1ccccc1. The number of amides is 3. The second kappa shape index (κ2) is 7.78. The molecule has 2 N–H and O–H groups in total. The van der Waals surface area contributed by atoms with Gasteiger partial charge in [0.2, 0.25) is 0 Å². The van der Waals surface area contributed by atoms with Crippen molar-refractivity contribution in [2.75, 3.05) is 13.7 Å². The minimum Gasteiger partial charge on any atom is -0.467 e. The largest absolute Gasteiger partial charge is 0.467 e. The maximum atomic E-state index is 11.7. The summed E-state index contributed by atoms with van der Waals surface area (Å²) in [6.07, 6.45) is -0.887. The first-order valence-corrected chi connectivity index (χ1v) is 5.95. The lowest BCUT2D eigenvalue weighted by atomic mass is 10.1. The van der Waals surface area contributed by atoms with Crippen LogP contribution < -0.4 is 10.6 Å². The number of urea groups is 1. The molecule has 1 unspecified atom stereocenters. The maximum Gasteiger partial charge on any atom is 0.415 e. The van der Waals surface area contributed by atoms with Crippen molar-refractivity contribution in [2.45, 2.75) is 13.0 Å². The average molecular weight is 280 g/mol. The van der Waals surface area contributed by atoms with E-state index in [1.165, 1.54) is 7.11 Å².